The second-order valence-corrected chi connectivity index (χ2v) is 5.94. The predicted molar refractivity (Wildman–Crippen MR) is 90.8 cm³/mol. The topological polar surface area (TPSA) is 84.9 Å². The van der Waals surface area contributed by atoms with E-state index in [9.17, 15) is 14.4 Å². The molecule has 7 heteroatoms. The molecule has 1 aliphatic heterocycles. The Labute approximate surface area is 147 Å². The molecule has 2 amide bonds. The molecule has 0 unspecified atom stereocenters. The van der Waals surface area contributed by atoms with Crippen molar-refractivity contribution < 1.29 is 23.9 Å². The predicted octanol–water partition coefficient (Wildman–Crippen LogP) is 1.51. The molecule has 0 saturated carbocycles. The van der Waals surface area contributed by atoms with Crippen LogP contribution in [0.25, 0.3) is 0 Å². The lowest BCUT2D eigenvalue weighted by Gasteiger charge is -2.34. The molecule has 1 aliphatic rings. The Kier molecular flexibility index (Phi) is 6.80. The summed E-state index contributed by atoms with van der Waals surface area (Å²) < 4.78 is 9.59. The first-order valence-corrected chi connectivity index (χ1v) is 8.33. The van der Waals surface area contributed by atoms with E-state index in [0.29, 0.717) is 19.4 Å². The third kappa shape index (κ3) is 4.95. The standard InChI is InChI=1S/C18H24N2O5/c1-24-16(21)14(12-13-8-4-3-5-9-13)19-18(23)20-11-7-6-10-15(20)17(22)25-2/h3-5,8-9,14-15H,6-7,10-12H2,1-2H3,(H,19,23)/t14-,15-/m0/s1. The van der Waals surface area contributed by atoms with E-state index in [1.165, 1.54) is 19.1 Å². The van der Waals surface area contributed by atoms with Gasteiger partial charge in [-0.05, 0) is 24.8 Å². The number of amides is 2. The zero-order valence-electron chi connectivity index (χ0n) is 14.6. The maximum absolute atomic E-state index is 12.6. The fourth-order valence-electron chi connectivity index (χ4n) is 2.97. The lowest BCUT2D eigenvalue weighted by Crippen LogP contribution is -2.55. The first kappa shape index (κ1) is 18.8. The maximum atomic E-state index is 12.6. The van der Waals surface area contributed by atoms with Gasteiger partial charge in [-0.1, -0.05) is 30.3 Å². The number of carbonyl (C=O) groups is 3. The van der Waals surface area contributed by atoms with E-state index in [1.54, 1.807) is 0 Å². The molecule has 136 valence electrons. The minimum absolute atomic E-state index is 0.315. The van der Waals surface area contributed by atoms with Crippen LogP contribution in [0.2, 0.25) is 0 Å². The molecule has 0 aromatic heterocycles. The quantitative estimate of drug-likeness (QED) is 0.815. The number of hydrogen-bond acceptors (Lipinski definition) is 5. The Bertz CT molecular complexity index is 605. The molecule has 0 aliphatic carbocycles. The van der Waals surface area contributed by atoms with E-state index in [0.717, 1.165) is 18.4 Å². The van der Waals surface area contributed by atoms with E-state index in [4.69, 9.17) is 9.47 Å². The van der Waals surface area contributed by atoms with Crippen molar-refractivity contribution in [2.45, 2.75) is 37.8 Å². The van der Waals surface area contributed by atoms with Crippen molar-refractivity contribution in [2.75, 3.05) is 20.8 Å². The number of urea groups is 1. The van der Waals surface area contributed by atoms with Crippen molar-refractivity contribution >= 4 is 18.0 Å². The molecule has 1 saturated heterocycles. The number of ether oxygens (including phenoxy) is 2. The summed E-state index contributed by atoms with van der Waals surface area (Å²) in [4.78, 5) is 38.1. The Hall–Kier alpha value is -2.57. The van der Waals surface area contributed by atoms with Gasteiger partial charge in [-0.15, -0.1) is 0 Å². The summed E-state index contributed by atoms with van der Waals surface area (Å²) in [6.07, 6.45) is 2.54. The zero-order valence-corrected chi connectivity index (χ0v) is 14.6. The van der Waals surface area contributed by atoms with Gasteiger partial charge in [0.2, 0.25) is 0 Å². The van der Waals surface area contributed by atoms with Crippen LogP contribution in [0.1, 0.15) is 24.8 Å². The molecule has 1 heterocycles. The Balaban J connectivity index is 2.09. The number of carbonyl (C=O) groups excluding carboxylic acids is 3. The SMILES string of the molecule is COC(=O)[C@H](Cc1ccccc1)NC(=O)N1CCCC[C@H]1C(=O)OC. The molecule has 1 fully saturated rings. The zero-order chi connectivity index (χ0) is 18.2. The molecule has 0 spiro atoms. The van der Waals surface area contributed by atoms with Crippen LogP contribution in [0.15, 0.2) is 30.3 Å². The molecule has 2 rings (SSSR count). The van der Waals surface area contributed by atoms with Gasteiger partial charge in [-0.3, -0.25) is 0 Å². The fraction of sp³-hybridized carbons (Fsp3) is 0.500. The van der Waals surface area contributed by atoms with Crippen molar-refractivity contribution in [1.29, 1.82) is 0 Å². The minimum atomic E-state index is -0.819. The third-order valence-corrected chi connectivity index (χ3v) is 4.30. The van der Waals surface area contributed by atoms with Gasteiger partial charge in [0.05, 0.1) is 14.2 Å². The van der Waals surface area contributed by atoms with Crippen LogP contribution in [-0.4, -0.2) is 55.7 Å². The van der Waals surface area contributed by atoms with E-state index in [-0.39, 0.29) is 0 Å². The summed E-state index contributed by atoms with van der Waals surface area (Å²) in [6, 6.07) is 7.47. The highest BCUT2D eigenvalue weighted by molar-refractivity contribution is 5.87. The van der Waals surface area contributed by atoms with Crippen molar-refractivity contribution in [3.63, 3.8) is 0 Å². The fourth-order valence-corrected chi connectivity index (χ4v) is 2.97. The first-order valence-electron chi connectivity index (χ1n) is 8.33. The highest BCUT2D eigenvalue weighted by Crippen LogP contribution is 2.18. The van der Waals surface area contributed by atoms with E-state index in [2.05, 4.69) is 5.32 Å². The monoisotopic (exact) mass is 348 g/mol. The van der Waals surface area contributed by atoms with Gasteiger partial charge in [0.15, 0.2) is 0 Å². The molecular weight excluding hydrogens is 324 g/mol. The number of methoxy groups -OCH3 is 2. The smallest absolute Gasteiger partial charge is 0.328 e. The summed E-state index contributed by atoms with van der Waals surface area (Å²) in [5.74, 6) is -0.962. The third-order valence-electron chi connectivity index (χ3n) is 4.30. The molecule has 0 bridgehead atoms. The Morgan fingerprint density at radius 3 is 2.52 bits per heavy atom. The molecule has 0 radical (unpaired) electrons. The number of nitrogens with zero attached hydrogens (tertiary/aromatic N) is 1. The minimum Gasteiger partial charge on any atom is -0.467 e. The van der Waals surface area contributed by atoms with Crippen molar-refractivity contribution in [1.82, 2.24) is 10.2 Å². The maximum Gasteiger partial charge on any atom is 0.328 e. The van der Waals surface area contributed by atoms with Gasteiger partial charge in [-0.25, -0.2) is 14.4 Å². The van der Waals surface area contributed by atoms with Gasteiger partial charge in [0, 0.05) is 13.0 Å². The highest BCUT2D eigenvalue weighted by atomic mass is 16.5. The number of hydrogen-bond donors (Lipinski definition) is 1. The van der Waals surface area contributed by atoms with Crippen molar-refractivity contribution in [3.8, 4) is 0 Å². The number of esters is 2. The van der Waals surface area contributed by atoms with Gasteiger partial charge in [0.25, 0.3) is 0 Å². The van der Waals surface area contributed by atoms with Gasteiger partial charge < -0.3 is 19.7 Å². The second-order valence-electron chi connectivity index (χ2n) is 5.94. The van der Waals surface area contributed by atoms with Gasteiger partial charge >= 0.3 is 18.0 Å². The molecule has 1 aromatic carbocycles. The normalized spacial score (nSPS) is 18.2. The Morgan fingerprint density at radius 1 is 1.16 bits per heavy atom. The van der Waals surface area contributed by atoms with Crippen LogP contribution in [-0.2, 0) is 25.5 Å². The van der Waals surface area contributed by atoms with Gasteiger partial charge in [0.1, 0.15) is 12.1 Å². The van der Waals surface area contributed by atoms with E-state index in [1.807, 2.05) is 30.3 Å². The lowest BCUT2D eigenvalue weighted by atomic mass is 10.0. The number of nitrogens with one attached hydrogen (secondary N) is 1. The molecule has 1 aromatic rings. The van der Waals surface area contributed by atoms with Crippen LogP contribution in [0.3, 0.4) is 0 Å². The largest absolute Gasteiger partial charge is 0.467 e. The van der Waals surface area contributed by atoms with Crippen molar-refractivity contribution in [2.24, 2.45) is 0 Å². The van der Waals surface area contributed by atoms with E-state index < -0.39 is 30.1 Å². The lowest BCUT2D eigenvalue weighted by molar-refractivity contribution is -0.146. The van der Waals surface area contributed by atoms with Crippen LogP contribution in [0.5, 0.6) is 0 Å². The first-order chi connectivity index (χ1) is 12.1. The van der Waals surface area contributed by atoms with Crippen LogP contribution < -0.4 is 5.32 Å². The molecule has 1 N–H and O–H groups in total. The summed E-state index contributed by atoms with van der Waals surface area (Å²) in [6.45, 7) is 0.449. The average Bonchev–Trinajstić information content (AvgIpc) is 2.66. The summed E-state index contributed by atoms with van der Waals surface area (Å²) in [5, 5.41) is 2.70. The average molecular weight is 348 g/mol. The van der Waals surface area contributed by atoms with Crippen LogP contribution in [0.4, 0.5) is 4.79 Å². The summed E-state index contributed by atoms with van der Waals surface area (Å²) in [5.41, 5.74) is 0.904. The number of benzene rings is 1. The van der Waals surface area contributed by atoms with Crippen LogP contribution >= 0.6 is 0 Å². The number of likely N-dealkylation sites (tertiary alicyclic amines) is 1. The van der Waals surface area contributed by atoms with Crippen LogP contribution in [0, 0.1) is 0 Å². The van der Waals surface area contributed by atoms with Gasteiger partial charge in [-0.2, -0.15) is 0 Å². The van der Waals surface area contributed by atoms with E-state index >= 15 is 0 Å². The molecule has 2 atom stereocenters. The van der Waals surface area contributed by atoms with Crippen molar-refractivity contribution in [3.05, 3.63) is 35.9 Å². The Morgan fingerprint density at radius 2 is 1.88 bits per heavy atom. The highest BCUT2D eigenvalue weighted by Gasteiger charge is 2.34. The molecule has 25 heavy (non-hydrogen) atoms. The summed E-state index contributed by atoms with van der Waals surface area (Å²) in [7, 11) is 2.59. The molecule has 7 nitrogen and oxygen atoms in total. The second kappa shape index (κ2) is 9.05. The number of rotatable bonds is 5. The summed E-state index contributed by atoms with van der Waals surface area (Å²) >= 11 is 0. The molecular formula is C18H24N2O5. The number of piperidine rings is 1.